The van der Waals surface area contributed by atoms with Crippen molar-refractivity contribution in [1.82, 2.24) is 0 Å². The molecule has 0 saturated heterocycles. The first kappa shape index (κ1) is 20.1. The van der Waals surface area contributed by atoms with Crippen LogP contribution in [0.15, 0.2) is 60.7 Å². The SMILES string of the molecule is O=C(O)CCc1ccc(Oc2cccc(Oc3ccc4c(c3)OCO4)c2C(=O)O)cc1. The van der Waals surface area contributed by atoms with E-state index in [1.165, 1.54) is 12.1 Å². The Kier molecular flexibility index (Phi) is 5.61. The monoisotopic (exact) mass is 422 g/mol. The average Bonchev–Trinajstić information content (AvgIpc) is 3.21. The van der Waals surface area contributed by atoms with Gasteiger partial charge in [0.2, 0.25) is 6.79 Å². The minimum Gasteiger partial charge on any atom is -0.481 e. The van der Waals surface area contributed by atoms with Crippen molar-refractivity contribution < 1.29 is 38.7 Å². The van der Waals surface area contributed by atoms with Crippen molar-refractivity contribution in [2.24, 2.45) is 0 Å². The highest BCUT2D eigenvalue weighted by Crippen LogP contribution is 2.39. The maximum atomic E-state index is 12.0. The Morgan fingerprint density at radius 1 is 0.839 bits per heavy atom. The maximum Gasteiger partial charge on any atom is 0.343 e. The van der Waals surface area contributed by atoms with Gasteiger partial charge in [0, 0.05) is 12.5 Å². The number of aromatic carboxylic acids is 1. The van der Waals surface area contributed by atoms with Crippen molar-refractivity contribution in [3.63, 3.8) is 0 Å². The summed E-state index contributed by atoms with van der Waals surface area (Å²) in [6, 6.07) is 16.5. The van der Waals surface area contributed by atoms with Crippen molar-refractivity contribution in [3.8, 4) is 34.5 Å². The van der Waals surface area contributed by atoms with Crippen molar-refractivity contribution in [2.75, 3.05) is 6.79 Å². The molecule has 8 nitrogen and oxygen atoms in total. The van der Waals surface area contributed by atoms with Crippen LogP contribution in [0.25, 0.3) is 0 Å². The Morgan fingerprint density at radius 3 is 2.16 bits per heavy atom. The van der Waals surface area contributed by atoms with Crippen LogP contribution in [0.5, 0.6) is 34.5 Å². The zero-order valence-corrected chi connectivity index (χ0v) is 16.2. The van der Waals surface area contributed by atoms with Gasteiger partial charge in [-0.1, -0.05) is 18.2 Å². The van der Waals surface area contributed by atoms with Gasteiger partial charge in [-0.05, 0) is 48.4 Å². The third kappa shape index (κ3) is 4.69. The second-order valence-corrected chi connectivity index (χ2v) is 6.69. The van der Waals surface area contributed by atoms with Crippen molar-refractivity contribution in [1.29, 1.82) is 0 Å². The van der Waals surface area contributed by atoms with Crippen molar-refractivity contribution in [3.05, 3.63) is 71.8 Å². The first-order chi connectivity index (χ1) is 15.0. The molecule has 0 aromatic heterocycles. The van der Waals surface area contributed by atoms with E-state index >= 15 is 0 Å². The number of aryl methyl sites for hydroxylation is 1. The lowest BCUT2D eigenvalue weighted by Crippen LogP contribution is -2.03. The quantitative estimate of drug-likeness (QED) is 0.537. The Bertz CT molecular complexity index is 1120. The fraction of sp³-hybridized carbons (Fsp3) is 0.130. The molecular formula is C23H18O8. The van der Waals surface area contributed by atoms with Crippen LogP contribution < -0.4 is 18.9 Å². The van der Waals surface area contributed by atoms with Gasteiger partial charge < -0.3 is 29.2 Å². The molecule has 0 aliphatic carbocycles. The van der Waals surface area contributed by atoms with Crippen molar-refractivity contribution >= 4 is 11.9 Å². The molecule has 4 rings (SSSR count). The summed E-state index contributed by atoms with van der Waals surface area (Å²) < 4.78 is 22.2. The molecule has 8 heteroatoms. The highest BCUT2D eigenvalue weighted by Gasteiger charge is 2.21. The molecule has 0 amide bonds. The van der Waals surface area contributed by atoms with Gasteiger partial charge >= 0.3 is 11.9 Å². The molecule has 3 aromatic rings. The number of carboxylic acid groups (broad SMARTS) is 2. The van der Waals surface area contributed by atoms with E-state index in [2.05, 4.69) is 0 Å². The van der Waals surface area contributed by atoms with Crippen LogP contribution in [0.4, 0.5) is 0 Å². The molecular weight excluding hydrogens is 404 g/mol. The van der Waals surface area contributed by atoms with Crippen LogP contribution in [0, 0.1) is 0 Å². The van der Waals surface area contributed by atoms with Gasteiger partial charge in [0.25, 0.3) is 0 Å². The average molecular weight is 422 g/mol. The lowest BCUT2D eigenvalue weighted by atomic mass is 10.1. The number of aliphatic carboxylic acids is 1. The molecule has 2 N–H and O–H groups in total. The Labute approximate surface area is 177 Å². The largest absolute Gasteiger partial charge is 0.481 e. The summed E-state index contributed by atoms with van der Waals surface area (Å²) in [5, 5.41) is 18.5. The number of carbonyl (C=O) groups is 2. The first-order valence-corrected chi connectivity index (χ1v) is 9.42. The predicted octanol–water partition coefficient (Wildman–Crippen LogP) is 4.72. The summed E-state index contributed by atoms with van der Waals surface area (Å²) in [5.41, 5.74) is 0.711. The maximum absolute atomic E-state index is 12.0. The van der Waals surface area contributed by atoms with Crippen LogP contribution in [0.1, 0.15) is 22.3 Å². The first-order valence-electron chi connectivity index (χ1n) is 9.42. The molecule has 31 heavy (non-hydrogen) atoms. The van der Waals surface area contributed by atoms with E-state index in [-0.39, 0.29) is 30.3 Å². The summed E-state index contributed by atoms with van der Waals surface area (Å²) in [7, 11) is 0. The molecule has 0 radical (unpaired) electrons. The van der Waals surface area contributed by atoms with E-state index in [4.69, 9.17) is 24.1 Å². The Hall–Kier alpha value is -4.20. The third-order valence-corrected chi connectivity index (χ3v) is 4.55. The number of hydrogen-bond donors (Lipinski definition) is 2. The molecule has 1 heterocycles. The number of ether oxygens (including phenoxy) is 4. The van der Waals surface area contributed by atoms with Crippen LogP contribution in [-0.4, -0.2) is 28.9 Å². The van der Waals surface area contributed by atoms with Gasteiger partial charge in [0.05, 0.1) is 0 Å². The predicted molar refractivity (Wildman–Crippen MR) is 109 cm³/mol. The van der Waals surface area contributed by atoms with E-state index in [0.29, 0.717) is 29.4 Å². The summed E-state index contributed by atoms with van der Waals surface area (Å²) in [6.45, 7) is 0.123. The zero-order valence-electron chi connectivity index (χ0n) is 16.2. The molecule has 0 unspecified atom stereocenters. The van der Waals surface area contributed by atoms with E-state index in [1.807, 2.05) is 0 Å². The number of hydrogen-bond acceptors (Lipinski definition) is 6. The van der Waals surface area contributed by atoms with Gasteiger partial charge in [0.15, 0.2) is 11.5 Å². The van der Waals surface area contributed by atoms with Gasteiger partial charge in [-0.2, -0.15) is 0 Å². The molecule has 0 bridgehead atoms. The highest BCUT2D eigenvalue weighted by molar-refractivity contribution is 5.94. The molecule has 0 fully saturated rings. The smallest absolute Gasteiger partial charge is 0.343 e. The van der Waals surface area contributed by atoms with Crippen LogP contribution in [-0.2, 0) is 11.2 Å². The molecule has 1 aliphatic heterocycles. The van der Waals surface area contributed by atoms with Gasteiger partial charge in [0.1, 0.15) is 28.6 Å². The molecule has 3 aromatic carbocycles. The van der Waals surface area contributed by atoms with Crippen LogP contribution >= 0.6 is 0 Å². The normalized spacial score (nSPS) is 11.7. The summed E-state index contributed by atoms with van der Waals surface area (Å²) >= 11 is 0. The Balaban J connectivity index is 1.56. The number of fused-ring (bicyclic) bond motifs is 1. The van der Waals surface area contributed by atoms with Crippen LogP contribution in [0.3, 0.4) is 0 Å². The second kappa shape index (κ2) is 8.66. The zero-order chi connectivity index (χ0) is 21.8. The van der Waals surface area contributed by atoms with E-state index in [1.54, 1.807) is 48.5 Å². The molecule has 158 valence electrons. The standard InChI is InChI=1S/C23H18O8/c24-21(25)11-6-14-4-7-15(8-5-14)30-18-2-1-3-19(22(18)23(26)27)31-16-9-10-17-20(12-16)29-13-28-17/h1-5,7-10,12H,6,11,13H2,(H,24,25)(H,26,27). The van der Waals surface area contributed by atoms with Crippen LogP contribution in [0.2, 0.25) is 0 Å². The molecule has 0 spiro atoms. The lowest BCUT2D eigenvalue weighted by Gasteiger charge is -2.14. The fourth-order valence-corrected chi connectivity index (χ4v) is 3.06. The van der Waals surface area contributed by atoms with Gasteiger partial charge in [-0.3, -0.25) is 4.79 Å². The Morgan fingerprint density at radius 2 is 1.48 bits per heavy atom. The number of benzene rings is 3. The lowest BCUT2D eigenvalue weighted by molar-refractivity contribution is -0.136. The minimum atomic E-state index is -1.20. The topological polar surface area (TPSA) is 112 Å². The van der Waals surface area contributed by atoms with Gasteiger partial charge in [-0.25, -0.2) is 4.79 Å². The van der Waals surface area contributed by atoms with Crippen molar-refractivity contribution in [2.45, 2.75) is 12.8 Å². The summed E-state index contributed by atoms with van der Waals surface area (Å²) in [6.07, 6.45) is 0.428. The van der Waals surface area contributed by atoms with E-state index in [0.717, 1.165) is 5.56 Å². The molecule has 1 aliphatic rings. The highest BCUT2D eigenvalue weighted by atomic mass is 16.7. The molecule has 0 atom stereocenters. The summed E-state index contributed by atoms with van der Waals surface area (Å²) in [5.74, 6) is 0.0778. The van der Waals surface area contributed by atoms with E-state index in [9.17, 15) is 14.7 Å². The molecule has 0 saturated carbocycles. The number of carboxylic acids is 2. The van der Waals surface area contributed by atoms with E-state index < -0.39 is 11.9 Å². The minimum absolute atomic E-state index is 0.0304. The fourth-order valence-electron chi connectivity index (χ4n) is 3.06. The van der Waals surface area contributed by atoms with Gasteiger partial charge in [-0.15, -0.1) is 0 Å². The third-order valence-electron chi connectivity index (χ3n) is 4.55. The number of rotatable bonds is 8. The second-order valence-electron chi connectivity index (χ2n) is 6.69. The summed E-state index contributed by atoms with van der Waals surface area (Å²) in [4.78, 5) is 22.6.